The zero-order valence-corrected chi connectivity index (χ0v) is 9.05. The molecule has 0 heterocycles. The minimum absolute atomic E-state index is 0.269. The third-order valence-corrected chi connectivity index (χ3v) is 2.17. The van der Waals surface area contributed by atoms with Gasteiger partial charge in [0.05, 0.1) is 14.2 Å². The number of allylic oxidation sites excluding steroid dienone is 1. The predicted octanol–water partition coefficient (Wildman–Crippen LogP) is 2.96. The predicted molar refractivity (Wildman–Crippen MR) is 58.0 cm³/mol. The minimum Gasteiger partial charge on any atom is -0.493 e. The van der Waals surface area contributed by atoms with Crippen molar-refractivity contribution in [2.45, 2.75) is 12.8 Å². The number of ether oxygens (including phenoxy) is 2. The third-order valence-electron chi connectivity index (χ3n) is 2.17. The molecule has 0 aromatic heterocycles. The summed E-state index contributed by atoms with van der Waals surface area (Å²) in [5, 5.41) is 0. The Morgan fingerprint density at radius 3 is 2.40 bits per heavy atom. The quantitative estimate of drug-likeness (QED) is 0.695. The second kappa shape index (κ2) is 5.39. The summed E-state index contributed by atoms with van der Waals surface area (Å²) in [7, 11) is 3.02. The molecule has 0 aliphatic carbocycles. The van der Waals surface area contributed by atoms with Gasteiger partial charge in [-0.3, -0.25) is 0 Å². The van der Waals surface area contributed by atoms with Crippen molar-refractivity contribution in [3.63, 3.8) is 0 Å². The van der Waals surface area contributed by atoms with Gasteiger partial charge in [-0.2, -0.15) is 0 Å². The van der Waals surface area contributed by atoms with Crippen LogP contribution in [-0.2, 0) is 6.42 Å². The summed E-state index contributed by atoms with van der Waals surface area (Å²) < 4.78 is 23.6. The van der Waals surface area contributed by atoms with Gasteiger partial charge in [-0.1, -0.05) is 6.08 Å². The Balaban J connectivity index is 3.02. The second-order valence-corrected chi connectivity index (χ2v) is 3.13. The number of rotatable bonds is 5. The number of benzene rings is 1. The van der Waals surface area contributed by atoms with E-state index in [1.165, 1.54) is 20.3 Å². The first-order valence-corrected chi connectivity index (χ1v) is 4.74. The maximum atomic E-state index is 13.5. The van der Waals surface area contributed by atoms with Gasteiger partial charge in [-0.05, 0) is 24.5 Å². The van der Waals surface area contributed by atoms with Gasteiger partial charge in [0.2, 0.25) is 0 Å². The van der Waals surface area contributed by atoms with E-state index in [9.17, 15) is 4.39 Å². The Kier molecular flexibility index (Phi) is 4.16. The Morgan fingerprint density at radius 2 is 1.87 bits per heavy atom. The summed E-state index contributed by atoms with van der Waals surface area (Å²) >= 11 is 0. The molecule has 1 aromatic carbocycles. The average molecular weight is 210 g/mol. The van der Waals surface area contributed by atoms with E-state index < -0.39 is 0 Å². The molecule has 0 radical (unpaired) electrons. The Morgan fingerprint density at radius 1 is 1.27 bits per heavy atom. The van der Waals surface area contributed by atoms with E-state index in [2.05, 4.69) is 6.58 Å². The lowest BCUT2D eigenvalue weighted by Crippen LogP contribution is -1.96. The number of hydrogen-bond donors (Lipinski definition) is 0. The van der Waals surface area contributed by atoms with Crippen molar-refractivity contribution >= 4 is 0 Å². The molecular weight excluding hydrogens is 195 g/mol. The molecule has 2 nitrogen and oxygen atoms in total. The molecule has 3 heteroatoms. The summed E-state index contributed by atoms with van der Waals surface area (Å²) in [5.74, 6) is 0.699. The zero-order valence-electron chi connectivity index (χ0n) is 9.05. The van der Waals surface area contributed by atoms with Crippen LogP contribution in [0.5, 0.6) is 11.5 Å². The van der Waals surface area contributed by atoms with Gasteiger partial charge in [0, 0.05) is 6.07 Å². The largest absolute Gasteiger partial charge is 0.493 e. The fourth-order valence-corrected chi connectivity index (χ4v) is 1.35. The number of hydrogen-bond acceptors (Lipinski definition) is 2. The molecule has 0 aliphatic heterocycles. The average Bonchev–Trinajstić information content (AvgIpc) is 2.27. The van der Waals surface area contributed by atoms with Crippen LogP contribution in [0.15, 0.2) is 24.8 Å². The van der Waals surface area contributed by atoms with Gasteiger partial charge in [-0.15, -0.1) is 6.58 Å². The van der Waals surface area contributed by atoms with Crippen molar-refractivity contribution in [1.82, 2.24) is 0 Å². The summed E-state index contributed by atoms with van der Waals surface area (Å²) in [4.78, 5) is 0. The monoisotopic (exact) mass is 210 g/mol. The van der Waals surface area contributed by atoms with Crippen molar-refractivity contribution in [3.8, 4) is 11.5 Å². The van der Waals surface area contributed by atoms with E-state index >= 15 is 0 Å². The number of halogens is 1. The fraction of sp³-hybridized carbons (Fsp3) is 0.333. The van der Waals surface area contributed by atoms with E-state index in [0.29, 0.717) is 23.5 Å². The molecule has 82 valence electrons. The molecule has 0 spiro atoms. The molecule has 0 bridgehead atoms. The fourth-order valence-electron chi connectivity index (χ4n) is 1.35. The summed E-state index contributed by atoms with van der Waals surface area (Å²) in [6, 6.07) is 3.01. The Labute approximate surface area is 89.3 Å². The molecule has 0 atom stereocenters. The van der Waals surface area contributed by atoms with Crippen LogP contribution in [0.25, 0.3) is 0 Å². The molecule has 15 heavy (non-hydrogen) atoms. The van der Waals surface area contributed by atoms with Crippen molar-refractivity contribution in [2.24, 2.45) is 0 Å². The molecule has 0 saturated heterocycles. The van der Waals surface area contributed by atoms with Gasteiger partial charge >= 0.3 is 0 Å². The van der Waals surface area contributed by atoms with E-state index in [1.807, 2.05) is 0 Å². The second-order valence-electron chi connectivity index (χ2n) is 3.13. The topological polar surface area (TPSA) is 18.5 Å². The lowest BCUT2D eigenvalue weighted by Gasteiger charge is -2.10. The number of methoxy groups -OCH3 is 2. The highest BCUT2D eigenvalue weighted by Gasteiger charge is 2.10. The Bertz CT molecular complexity index is 348. The van der Waals surface area contributed by atoms with Crippen molar-refractivity contribution in [2.75, 3.05) is 14.2 Å². The van der Waals surface area contributed by atoms with Crippen LogP contribution in [0.4, 0.5) is 4.39 Å². The van der Waals surface area contributed by atoms with E-state index in [4.69, 9.17) is 9.47 Å². The van der Waals surface area contributed by atoms with Gasteiger partial charge < -0.3 is 9.47 Å². The lowest BCUT2D eigenvalue weighted by atomic mass is 10.1. The zero-order chi connectivity index (χ0) is 11.3. The molecule has 1 aromatic rings. The molecule has 0 N–H and O–H groups in total. The highest BCUT2D eigenvalue weighted by molar-refractivity contribution is 5.43. The normalized spacial score (nSPS) is 9.80. The minimum atomic E-state index is -0.269. The standard InChI is InChI=1S/C12H15FO2/c1-4-5-6-9-7-11(14-2)12(15-3)8-10(9)13/h4,7-8H,1,5-6H2,2-3H3. The van der Waals surface area contributed by atoms with Crippen LogP contribution in [0.3, 0.4) is 0 Å². The summed E-state index contributed by atoms with van der Waals surface area (Å²) in [6.45, 7) is 3.60. The summed E-state index contributed by atoms with van der Waals surface area (Å²) in [6.07, 6.45) is 3.12. The molecule has 0 amide bonds. The maximum Gasteiger partial charge on any atom is 0.163 e. The molecule has 0 saturated carbocycles. The van der Waals surface area contributed by atoms with Gasteiger partial charge in [0.15, 0.2) is 11.5 Å². The molecule has 1 rings (SSSR count). The van der Waals surface area contributed by atoms with Gasteiger partial charge in [-0.25, -0.2) is 4.39 Å². The highest BCUT2D eigenvalue weighted by atomic mass is 19.1. The van der Waals surface area contributed by atoms with Crippen molar-refractivity contribution in [3.05, 3.63) is 36.2 Å². The highest BCUT2D eigenvalue weighted by Crippen LogP contribution is 2.30. The van der Waals surface area contributed by atoms with Crippen LogP contribution in [0.2, 0.25) is 0 Å². The van der Waals surface area contributed by atoms with Crippen LogP contribution >= 0.6 is 0 Å². The molecular formula is C12H15FO2. The first-order chi connectivity index (χ1) is 7.22. The lowest BCUT2D eigenvalue weighted by molar-refractivity contribution is 0.351. The van der Waals surface area contributed by atoms with E-state index in [-0.39, 0.29) is 5.82 Å². The first-order valence-electron chi connectivity index (χ1n) is 4.74. The van der Waals surface area contributed by atoms with Crippen LogP contribution < -0.4 is 9.47 Å². The third kappa shape index (κ3) is 2.72. The molecule has 0 aliphatic rings. The number of aryl methyl sites for hydroxylation is 1. The van der Waals surface area contributed by atoms with Crippen molar-refractivity contribution < 1.29 is 13.9 Å². The summed E-state index contributed by atoms with van der Waals surface area (Å²) in [5.41, 5.74) is 0.618. The molecule has 0 fully saturated rings. The van der Waals surface area contributed by atoms with E-state index in [1.54, 1.807) is 12.1 Å². The molecule has 0 unspecified atom stereocenters. The van der Waals surface area contributed by atoms with Gasteiger partial charge in [0.1, 0.15) is 5.82 Å². The smallest absolute Gasteiger partial charge is 0.163 e. The van der Waals surface area contributed by atoms with Gasteiger partial charge in [0.25, 0.3) is 0 Å². The first kappa shape index (κ1) is 11.6. The van der Waals surface area contributed by atoms with Crippen LogP contribution in [-0.4, -0.2) is 14.2 Å². The van der Waals surface area contributed by atoms with Crippen LogP contribution in [0, 0.1) is 5.82 Å². The SMILES string of the molecule is C=CCCc1cc(OC)c(OC)cc1F. The Hall–Kier alpha value is -1.51. The van der Waals surface area contributed by atoms with E-state index in [0.717, 1.165) is 6.42 Å². The maximum absolute atomic E-state index is 13.5. The van der Waals surface area contributed by atoms with Crippen molar-refractivity contribution in [1.29, 1.82) is 0 Å². The van der Waals surface area contributed by atoms with Crippen LogP contribution in [0.1, 0.15) is 12.0 Å².